The van der Waals surface area contributed by atoms with E-state index >= 15 is 0 Å². The summed E-state index contributed by atoms with van der Waals surface area (Å²) in [5.41, 5.74) is 0. The first-order chi connectivity index (χ1) is 10.2. The van der Waals surface area contributed by atoms with Crippen molar-refractivity contribution in [2.75, 3.05) is 0 Å². The molecule has 0 aliphatic heterocycles. The fourth-order valence-electron chi connectivity index (χ4n) is 1.69. The Morgan fingerprint density at radius 1 is 0.957 bits per heavy atom. The number of hydrogen-bond donors (Lipinski definition) is 3. The Kier molecular flexibility index (Phi) is 12.8. The van der Waals surface area contributed by atoms with Crippen molar-refractivity contribution >= 4 is 46.0 Å². The van der Waals surface area contributed by atoms with Crippen molar-refractivity contribution in [1.29, 1.82) is 0 Å². The minimum absolute atomic E-state index is 0.819. The van der Waals surface area contributed by atoms with Crippen molar-refractivity contribution in [3.8, 4) is 0 Å². The first-order valence-electron chi connectivity index (χ1n) is 7.35. The van der Waals surface area contributed by atoms with E-state index in [1.165, 1.54) is 25.7 Å². The van der Waals surface area contributed by atoms with Gasteiger partial charge in [-0.1, -0.05) is 0 Å². The monoisotopic (exact) mass is 484 g/mol. The molecule has 0 aromatic heterocycles. The number of carboxylic acid groups (broad SMARTS) is 1. The molecule has 11 heteroatoms. The van der Waals surface area contributed by atoms with Gasteiger partial charge >= 0.3 is 90.1 Å². The van der Waals surface area contributed by atoms with Gasteiger partial charge in [-0.25, -0.2) is 4.79 Å². The molecule has 0 radical (unpaired) electrons. The molecule has 0 rings (SSSR count). The molecule has 3 N–H and O–H groups in total. The molecule has 0 saturated carbocycles. The van der Waals surface area contributed by atoms with Gasteiger partial charge in [0.25, 0.3) is 20.2 Å². The van der Waals surface area contributed by atoms with Gasteiger partial charge in [-0.3, -0.25) is 9.11 Å². The number of aliphatic carboxylic acids is 1. The van der Waals surface area contributed by atoms with Crippen molar-refractivity contribution in [3.63, 3.8) is 0 Å². The third-order valence-electron chi connectivity index (χ3n) is 2.81. The van der Waals surface area contributed by atoms with Crippen LogP contribution in [-0.4, -0.2) is 61.4 Å². The Morgan fingerprint density at radius 2 is 1.39 bits per heavy atom. The molecular weight excluding hydrogens is 455 g/mol. The van der Waals surface area contributed by atoms with Crippen LogP contribution < -0.4 is 0 Å². The van der Waals surface area contributed by atoms with Gasteiger partial charge in [-0.2, -0.15) is 16.8 Å². The molecule has 0 saturated heterocycles. The molecule has 0 aromatic rings. The van der Waals surface area contributed by atoms with Crippen LogP contribution in [0.5, 0.6) is 0 Å². The van der Waals surface area contributed by atoms with Crippen molar-refractivity contribution in [1.82, 2.24) is 0 Å². The van der Waals surface area contributed by atoms with E-state index in [-0.39, 0.29) is 0 Å². The minimum Gasteiger partial charge on any atom is -0.479 e. The van der Waals surface area contributed by atoms with E-state index in [1.54, 1.807) is 4.44 Å². The fraction of sp³-hybridized carbons (Fsp3) is 0.917. The number of unbranched alkanes of at least 4 members (excludes halogenated alkanes) is 2. The van der Waals surface area contributed by atoms with Crippen LogP contribution in [0.25, 0.3) is 0 Å². The summed E-state index contributed by atoms with van der Waals surface area (Å²) in [6.07, 6.45) is 5.93. The van der Waals surface area contributed by atoms with E-state index in [0.29, 0.717) is 0 Å². The standard InChI is InChI=1S/C8H17.C2H4O8S2.2CH3.Sn.H/c1-4-5-6-7-8(2)3;3-1(4)2(11(5,6)7)12(8,9)10;;;;/h8H,1,4-7H2,2-3H3;2H,(H,3,4)(H,5,6,7)(H,8,9,10);2*1H3;;. The number of rotatable bonds is 9. The van der Waals surface area contributed by atoms with Gasteiger partial charge < -0.3 is 5.11 Å². The Labute approximate surface area is 145 Å². The molecule has 0 unspecified atom stereocenters. The summed E-state index contributed by atoms with van der Waals surface area (Å²) < 4.78 is 54.7. The zero-order valence-electron chi connectivity index (χ0n) is 14.0. The van der Waals surface area contributed by atoms with E-state index in [0.717, 1.165) is 5.92 Å². The average Bonchev–Trinajstić information content (AvgIpc) is 2.22. The van der Waals surface area contributed by atoms with Crippen LogP contribution in [0, 0.1) is 5.92 Å². The number of carboxylic acids is 1. The first kappa shape index (κ1) is 25.3. The first-order valence-corrected chi connectivity index (χ1v) is 19.3. The van der Waals surface area contributed by atoms with Crippen molar-refractivity contribution in [3.05, 3.63) is 0 Å². The van der Waals surface area contributed by atoms with Gasteiger partial charge in [0.1, 0.15) is 0 Å². The number of hydrogen-bond acceptors (Lipinski definition) is 5. The molecule has 23 heavy (non-hydrogen) atoms. The molecule has 140 valence electrons. The van der Waals surface area contributed by atoms with Crippen LogP contribution in [0.4, 0.5) is 0 Å². The van der Waals surface area contributed by atoms with E-state index in [1.807, 2.05) is 0 Å². The van der Waals surface area contributed by atoms with Crippen LogP contribution in [0.15, 0.2) is 0 Å². The zero-order valence-corrected chi connectivity index (χ0v) is 18.9. The molecule has 0 fully saturated rings. The second-order valence-corrected chi connectivity index (χ2v) is 19.0. The molecule has 0 aliphatic rings. The van der Waals surface area contributed by atoms with Crippen LogP contribution in [0.2, 0.25) is 14.3 Å². The van der Waals surface area contributed by atoms with E-state index in [9.17, 15) is 21.6 Å². The fourth-order valence-corrected chi connectivity index (χ4v) is 6.58. The van der Waals surface area contributed by atoms with E-state index in [2.05, 4.69) is 23.7 Å². The van der Waals surface area contributed by atoms with E-state index in [4.69, 9.17) is 14.2 Å². The van der Waals surface area contributed by atoms with Crippen molar-refractivity contribution in [2.45, 2.75) is 58.4 Å². The summed E-state index contributed by atoms with van der Waals surface area (Å²) in [5, 5.41) is 7.97. The Morgan fingerprint density at radius 3 is 1.61 bits per heavy atom. The van der Waals surface area contributed by atoms with Crippen LogP contribution in [-0.2, 0) is 25.0 Å². The molecule has 0 bridgehead atoms. The topological polar surface area (TPSA) is 146 Å². The van der Waals surface area contributed by atoms with Gasteiger partial charge in [-0.15, -0.1) is 0 Å². The Hall–Kier alpha value is 0.0887. The second-order valence-electron chi connectivity index (χ2n) is 6.13. The average molecular weight is 483 g/mol. The van der Waals surface area contributed by atoms with Gasteiger partial charge in [0.05, 0.1) is 0 Å². The van der Waals surface area contributed by atoms with E-state index < -0.39 is 50.5 Å². The Bertz CT molecular complexity index is 497. The summed E-state index contributed by atoms with van der Waals surface area (Å²) in [4.78, 5) is 15.0. The summed E-state index contributed by atoms with van der Waals surface area (Å²) >= 11 is -0.819. The van der Waals surface area contributed by atoms with Gasteiger partial charge in [0, 0.05) is 0 Å². The zero-order chi connectivity index (χ0) is 18.8. The molecule has 0 aliphatic carbocycles. The largest absolute Gasteiger partial charge is 0.479 e. The molecule has 0 amide bonds. The summed E-state index contributed by atoms with van der Waals surface area (Å²) in [7, 11) is -10.7. The SMILES string of the molecule is CC(C)CCCC[CH2][SnH]([CH3])[CH3].O=C(O)C(S(=O)(=O)O)S(=O)(=O)O. The summed E-state index contributed by atoms with van der Waals surface area (Å²) in [6.45, 7) is 4.64. The minimum atomic E-state index is -5.36. The molecule has 0 aromatic carbocycles. The number of carbonyl (C=O) groups is 1. The smallest absolute Gasteiger partial charge is 0.342 e. The molecule has 8 nitrogen and oxygen atoms in total. The van der Waals surface area contributed by atoms with Crippen LogP contribution in [0.3, 0.4) is 0 Å². The normalized spacial score (nSPS) is 12.4. The van der Waals surface area contributed by atoms with Gasteiger partial charge in [0.15, 0.2) is 0 Å². The van der Waals surface area contributed by atoms with Crippen molar-refractivity contribution < 1.29 is 35.8 Å². The third kappa shape index (κ3) is 15.4. The predicted molar refractivity (Wildman–Crippen MR) is 91.5 cm³/mol. The molecule has 0 spiro atoms. The van der Waals surface area contributed by atoms with Crippen molar-refractivity contribution in [2.24, 2.45) is 5.92 Å². The quantitative estimate of drug-likeness (QED) is 0.256. The third-order valence-corrected chi connectivity index (χ3v) is 10.2. The van der Waals surface area contributed by atoms with Crippen LogP contribution >= 0.6 is 0 Å². The molecule has 0 atom stereocenters. The maximum atomic E-state index is 10.1. The second kappa shape index (κ2) is 11.6. The Balaban J connectivity index is 0. The summed E-state index contributed by atoms with van der Waals surface area (Å²) in [6, 6.07) is 0. The predicted octanol–water partition coefficient (Wildman–Crippen LogP) is 1.86. The molecular formula is C12H28O8S2Sn. The maximum absolute atomic E-state index is 10.1. The summed E-state index contributed by atoms with van der Waals surface area (Å²) in [5.74, 6) is -1.46. The van der Waals surface area contributed by atoms with Gasteiger partial charge in [0.2, 0.25) is 0 Å². The molecule has 0 heterocycles. The van der Waals surface area contributed by atoms with Gasteiger partial charge in [-0.05, 0) is 0 Å². The maximum Gasteiger partial charge on any atom is 0.342 e. The van der Waals surface area contributed by atoms with Crippen LogP contribution in [0.1, 0.15) is 39.5 Å².